The van der Waals surface area contributed by atoms with Crippen molar-refractivity contribution in [3.8, 4) is 0 Å². The average Bonchev–Trinajstić information content (AvgIpc) is 2.27. The van der Waals surface area contributed by atoms with Crippen LogP contribution in [0.15, 0.2) is 17.2 Å². The van der Waals surface area contributed by atoms with Gasteiger partial charge in [-0.3, -0.25) is 6.08 Å². The number of hydrogen-bond acceptors (Lipinski definition) is 0. The van der Waals surface area contributed by atoms with Gasteiger partial charge in [-0.25, -0.2) is 6.08 Å². The molecule has 0 fully saturated rings. The fourth-order valence-corrected chi connectivity index (χ4v) is 1.78. The molecule has 0 aromatic rings. The van der Waals surface area contributed by atoms with Crippen LogP contribution in [0.5, 0.6) is 0 Å². The Labute approximate surface area is 132 Å². The molecule has 3 heteroatoms. The topological polar surface area (TPSA) is 0 Å². The number of rotatable bonds is 0. The van der Waals surface area contributed by atoms with E-state index in [2.05, 4.69) is 53.7 Å². The van der Waals surface area contributed by atoms with Crippen LogP contribution in [0.1, 0.15) is 48.0 Å². The molecule has 0 aromatic carbocycles. The Morgan fingerprint density at radius 3 is 1.62 bits per heavy atom. The molecule has 0 aliphatic heterocycles. The Morgan fingerprint density at radius 1 is 0.938 bits per heavy atom. The SMILES string of the molecule is CC(C)(C)C1=C(C(C)(C)C)C[C-]=C1.[Cl-].[Cl-].[Zr+3]. The fraction of sp³-hybridized carbons (Fsp3) is 0.692. The van der Waals surface area contributed by atoms with E-state index in [1.807, 2.05) is 0 Å². The van der Waals surface area contributed by atoms with Gasteiger partial charge in [-0.05, 0) is 5.41 Å². The van der Waals surface area contributed by atoms with Crippen molar-refractivity contribution in [2.75, 3.05) is 0 Å². The van der Waals surface area contributed by atoms with E-state index >= 15 is 0 Å². The molecule has 0 nitrogen and oxygen atoms in total. The second kappa shape index (κ2) is 7.39. The zero-order valence-electron chi connectivity index (χ0n) is 11.0. The Morgan fingerprint density at radius 2 is 1.38 bits per heavy atom. The van der Waals surface area contributed by atoms with E-state index in [1.165, 1.54) is 5.57 Å². The van der Waals surface area contributed by atoms with Gasteiger partial charge in [0.05, 0.1) is 0 Å². The maximum absolute atomic E-state index is 3.34. The Bertz CT molecular complexity index is 265. The first-order valence-electron chi connectivity index (χ1n) is 5.03. The monoisotopic (exact) mass is 337 g/mol. The molecule has 1 aliphatic carbocycles. The molecule has 0 bridgehead atoms. The predicted octanol–water partition coefficient (Wildman–Crippen LogP) is -1.86. The normalized spacial score (nSPS) is 15.1. The summed E-state index contributed by atoms with van der Waals surface area (Å²) in [7, 11) is 0. The fourth-order valence-electron chi connectivity index (χ4n) is 1.78. The molecular formula is C13H21Cl2Zr. The molecule has 1 aliphatic rings. The molecule has 0 amide bonds. The van der Waals surface area contributed by atoms with Crippen LogP contribution in [0, 0.1) is 16.9 Å². The van der Waals surface area contributed by atoms with Crippen molar-refractivity contribution in [2.45, 2.75) is 48.0 Å². The third-order valence-electron chi connectivity index (χ3n) is 2.56. The minimum Gasteiger partial charge on any atom is -1.00 e. The Balaban J connectivity index is -0.000000563. The standard InChI is InChI=1S/C13H21.2ClH.Zr/c1-12(2,3)10-8-7-9-11(10)13(4,5)6;;;/h8H,9H2,1-6H3;2*1H;/q-1;;;+3/p-2. The van der Waals surface area contributed by atoms with Gasteiger partial charge < -0.3 is 24.8 Å². The van der Waals surface area contributed by atoms with Crippen LogP contribution in [0.25, 0.3) is 0 Å². The summed E-state index contributed by atoms with van der Waals surface area (Å²) in [4.78, 5) is 0. The largest absolute Gasteiger partial charge is 3.00 e. The molecular weight excluding hydrogens is 318 g/mol. The van der Waals surface area contributed by atoms with Crippen molar-refractivity contribution in [2.24, 2.45) is 10.8 Å². The van der Waals surface area contributed by atoms with E-state index in [0.717, 1.165) is 6.42 Å². The van der Waals surface area contributed by atoms with Gasteiger partial charge in [-0.2, -0.15) is 11.1 Å². The summed E-state index contributed by atoms with van der Waals surface area (Å²) in [5, 5.41) is 0. The molecule has 0 heterocycles. The Hall–Kier alpha value is 0.943. The predicted molar refractivity (Wildman–Crippen MR) is 58.4 cm³/mol. The zero-order valence-corrected chi connectivity index (χ0v) is 15.0. The molecule has 1 rings (SSSR count). The maximum Gasteiger partial charge on any atom is 3.00 e. The van der Waals surface area contributed by atoms with E-state index in [-0.39, 0.29) is 56.4 Å². The van der Waals surface area contributed by atoms with Gasteiger partial charge in [0.1, 0.15) is 0 Å². The second-order valence-corrected chi connectivity index (χ2v) is 5.92. The van der Waals surface area contributed by atoms with Gasteiger partial charge in [0, 0.05) is 0 Å². The molecule has 1 radical (unpaired) electrons. The molecule has 91 valence electrons. The summed E-state index contributed by atoms with van der Waals surface area (Å²) in [6, 6.07) is 0. The van der Waals surface area contributed by atoms with Crippen molar-refractivity contribution in [3.63, 3.8) is 0 Å². The van der Waals surface area contributed by atoms with E-state index < -0.39 is 0 Å². The quantitative estimate of drug-likeness (QED) is 0.455. The first-order valence-corrected chi connectivity index (χ1v) is 5.03. The summed E-state index contributed by atoms with van der Waals surface area (Å²) < 4.78 is 0. The third-order valence-corrected chi connectivity index (χ3v) is 2.56. The minimum atomic E-state index is 0. The minimum absolute atomic E-state index is 0. The molecule has 0 spiro atoms. The van der Waals surface area contributed by atoms with Gasteiger partial charge in [-0.15, -0.1) is 6.42 Å². The first-order chi connectivity index (χ1) is 5.73. The maximum atomic E-state index is 3.34. The van der Waals surface area contributed by atoms with E-state index in [0.29, 0.717) is 5.41 Å². The van der Waals surface area contributed by atoms with Gasteiger partial charge in [0.25, 0.3) is 0 Å². The molecule has 0 aromatic heterocycles. The molecule has 0 saturated carbocycles. The summed E-state index contributed by atoms with van der Waals surface area (Å²) in [6.45, 7) is 13.7. The van der Waals surface area contributed by atoms with Crippen molar-refractivity contribution < 1.29 is 51.0 Å². The third kappa shape index (κ3) is 5.52. The van der Waals surface area contributed by atoms with E-state index in [9.17, 15) is 0 Å². The van der Waals surface area contributed by atoms with Crippen LogP contribution in [0.3, 0.4) is 0 Å². The smallest absolute Gasteiger partial charge is 1.00 e. The summed E-state index contributed by atoms with van der Waals surface area (Å²) >= 11 is 0. The number of allylic oxidation sites excluding steroid dienone is 4. The van der Waals surface area contributed by atoms with Crippen LogP contribution in [-0.4, -0.2) is 0 Å². The van der Waals surface area contributed by atoms with Gasteiger partial charge in [-0.1, -0.05) is 47.0 Å². The second-order valence-electron chi connectivity index (χ2n) is 5.92. The van der Waals surface area contributed by atoms with E-state index in [4.69, 9.17) is 0 Å². The van der Waals surface area contributed by atoms with Crippen LogP contribution in [-0.2, 0) is 26.2 Å². The van der Waals surface area contributed by atoms with Crippen molar-refractivity contribution in [1.82, 2.24) is 0 Å². The van der Waals surface area contributed by atoms with Crippen LogP contribution >= 0.6 is 0 Å². The molecule has 0 unspecified atom stereocenters. The van der Waals surface area contributed by atoms with Crippen molar-refractivity contribution >= 4 is 0 Å². The summed E-state index contributed by atoms with van der Waals surface area (Å²) in [6.07, 6.45) is 6.54. The van der Waals surface area contributed by atoms with E-state index in [1.54, 1.807) is 5.57 Å². The number of halogens is 2. The molecule has 0 N–H and O–H groups in total. The Kier molecular flexibility index (Phi) is 10.2. The zero-order chi connectivity index (χ0) is 10.3. The van der Waals surface area contributed by atoms with Gasteiger partial charge >= 0.3 is 26.2 Å². The molecule has 0 saturated heterocycles. The number of hydrogen-bond donors (Lipinski definition) is 0. The van der Waals surface area contributed by atoms with Crippen LogP contribution in [0.2, 0.25) is 0 Å². The average molecular weight is 339 g/mol. The molecule has 16 heavy (non-hydrogen) atoms. The summed E-state index contributed by atoms with van der Waals surface area (Å²) in [5.41, 5.74) is 3.61. The molecule has 0 atom stereocenters. The van der Waals surface area contributed by atoms with Crippen LogP contribution < -0.4 is 24.8 Å². The van der Waals surface area contributed by atoms with Crippen LogP contribution in [0.4, 0.5) is 0 Å². The van der Waals surface area contributed by atoms with Gasteiger partial charge in [0.2, 0.25) is 0 Å². The van der Waals surface area contributed by atoms with Crippen molar-refractivity contribution in [1.29, 1.82) is 0 Å². The summed E-state index contributed by atoms with van der Waals surface area (Å²) in [5.74, 6) is 0. The first kappa shape index (κ1) is 22.2. The van der Waals surface area contributed by atoms with Crippen molar-refractivity contribution in [3.05, 3.63) is 23.3 Å². The van der Waals surface area contributed by atoms with Gasteiger partial charge in [0.15, 0.2) is 0 Å².